The van der Waals surface area contributed by atoms with E-state index in [4.69, 9.17) is 0 Å². The number of phenolic OH excluding ortho intramolecular Hbond substituents is 1. The lowest BCUT2D eigenvalue weighted by Gasteiger charge is -2.20. The van der Waals surface area contributed by atoms with E-state index in [0.29, 0.717) is 34.2 Å². The number of hydrogen-bond donors (Lipinski definition) is 1. The second kappa shape index (κ2) is 5.47. The molecule has 0 radical (unpaired) electrons. The molecule has 0 saturated carbocycles. The topological polar surface area (TPSA) is 71.4 Å². The zero-order chi connectivity index (χ0) is 16.7. The Kier molecular flexibility index (Phi) is 3.60. The number of aryl methyl sites for hydroxylation is 1. The Morgan fingerprint density at radius 2 is 1.78 bits per heavy atom. The highest BCUT2D eigenvalue weighted by atomic mass is 16.3. The quantitative estimate of drug-likeness (QED) is 0.692. The molecule has 116 valence electrons. The Morgan fingerprint density at radius 1 is 1.04 bits per heavy atom. The number of carbonyl (C=O) groups is 3. The summed E-state index contributed by atoms with van der Waals surface area (Å²) in [5.74, 6) is -1.56. The van der Waals surface area contributed by atoms with Gasteiger partial charge in [0.2, 0.25) is 11.6 Å². The molecule has 0 aliphatic heterocycles. The molecular formula is C19H16O4. The van der Waals surface area contributed by atoms with Crippen molar-refractivity contribution in [1.29, 1.82) is 0 Å². The predicted molar refractivity (Wildman–Crippen MR) is 86.2 cm³/mol. The SMILES string of the molecule is CCCC(=O)c1cc2c(cc1C)C(=O)C(=O)c1c(O)cccc1-2. The summed E-state index contributed by atoms with van der Waals surface area (Å²) in [7, 11) is 0. The van der Waals surface area contributed by atoms with E-state index in [1.807, 2.05) is 6.92 Å². The van der Waals surface area contributed by atoms with Crippen LogP contribution in [0.4, 0.5) is 0 Å². The third kappa shape index (κ3) is 2.27. The first-order chi connectivity index (χ1) is 11.0. The summed E-state index contributed by atoms with van der Waals surface area (Å²) in [6, 6.07) is 7.96. The van der Waals surface area contributed by atoms with Crippen LogP contribution in [-0.2, 0) is 0 Å². The number of benzene rings is 2. The molecule has 0 spiro atoms. The van der Waals surface area contributed by atoms with Crippen molar-refractivity contribution in [2.75, 3.05) is 0 Å². The van der Waals surface area contributed by atoms with Crippen LogP contribution in [0.15, 0.2) is 30.3 Å². The van der Waals surface area contributed by atoms with E-state index >= 15 is 0 Å². The van der Waals surface area contributed by atoms with Crippen molar-refractivity contribution in [2.24, 2.45) is 0 Å². The Morgan fingerprint density at radius 3 is 2.48 bits per heavy atom. The van der Waals surface area contributed by atoms with Crippen molar-refractivity contribution in [3.8, 4) is 16.9 Å². The molecule has 2 aromatic rings. The third-order valence-electron chi connectivity index (χ3n) is 4.15. The van der Waals surface area contributed by atoms with Gasteiger partial charge in [-0.05, 0) is 48.2 Å². The van der Waals surface area contributed by atoms with Crippen LogP contribution in [0.1, 0.15) is 56.4 Å². The monoisotopic (exact) mass is 308 g/mol. The molecule has 0 bridgehead atoms. The molecule has 1 N–H and O–H groups in total. The molecule has 4 nitrogen and oxygen atoms in total. The van der Waals surface area contributed by atoms with Crippen LogP contribution in [-0.4, -0.2) is 22.5 Å². The Labute approximate surface area is 133 Å². The maximum atomic E-state index is 12.3. The summed E-state index contributed by atoms with van der Waals surface area (Å²) in [6.07, 6.45) is 1.17. The Balaban J connectivity index is 2.30. The molecule has 2 aromatic carbocycles. The first kappa shape index (κ1) is 15.2. The summed E-state index contributed by atoms with van der Waals surface area (Å²) in [5.41, 5.74) is 2.58. The van der Waals surface area contributed by atoms with Gasteiger partial charge in [0, 0.05) is 17.5 Å². The second-order valence-electron chi connectivity index (χ2n) is 5.74. The number of fused-ring (bicyclic) bond motifs is 3. The molecule has 0 heterocycles. The van der Waals surface area contributed by atoms with Gasteiger partial charge in [0.15, 0.2) is 5.78 Å². The first-order valence-corrected chi connectivity index (χ1v) is 7.55. The van der Waals surface area contributed by atoms with Crippen molar-refractivity contribution >= 4 is 17.3 Å². The van der Waals surface area contributed by atoms with E-state index in [1.165, 1.54) is 6.07 Å². The molecule has 0 atom stereocenters. The Bertz CT molecular complexity index is 862. The zero-order valence-corrected chi connectivity index (χ0v) is 13.0. The normalized spacial score (nSPS) is 12.8. The van der Waals surface area contributed by atoms with Gasteiger partial charge in [0.1, 0.15) is 5.75 Å². The highest BCUT2D eigenvalue weighted by molar-refractivity contribution is 6.53. The lowest BCUT2D eigenvalue weighted by Crippen LogP contribution is -2.22. The van der Waals surface area contributed by atoms with Gasteiger partial charge in [-0.25, -0.2) is 0 Å². The van der Waals surface area contributed by atoms with E-state index in [-0.39, 0.29) is 17.1 Å². The van der Waals surface area contributed by atoms with Gasteiger partial charge in [0.25, 0.3) is 0 Å². The summed E-state index contributed by atoms with van der Waals surface area (Å²) in [4.78, 5) is 36.9. The average Bonchev–Trinajstić information content (AvgIpc) is 2.52. The highest BCUT2D eigenvalue weighted by Crippen LogP contribution is 2.39. The van der Waals surface area contributed by atoms with Crippen LogP contribution in [0.5, 0.6) is 5.75 Å². The van der Waals surface area contributed by atoms with E-state index in [0.717, 1.165) is 6.42 Å². The highest BCUT2D eigenvalue weighted by Gasteiger charge is 2.33. The van der Waals surface area contributed by atoms with Gasteiger partial charge in [0.05, 0.1) is 5.56 Å². The average molecular weight is 308 g/mol. The van der Waals surface area contributed by atoms with Crippen molar-refractivity contribution in [3.05, 3.63) is 52.6 Å². The molecule has 23 heavy (non-hydrogen) atoms. The summed E-state index contributed by atoms with van der Waals surface area (Å²) in [6.45, 7) is 3.69. The number of carbonyl (C=O) groups excluding carboxylic acids is 3. The largest absolute Gasteiger partial charge is 0.507 e. The number of Topliss-reactive ketones (excluding diaryl/α,β-unsaturated/α-hetero) is 3. The third-order valence-corrected chi connectivity index (χ3v) is 4.15. The first-order valence-electron chi connectivity index (χ1n) is 7.55. The number of aromatic hydroxyl groups is 1. The van der Waals surface area contributed by atoms with E-state index in [2.05, 4.69) is 0 Å². The maximum absolute atomic E-state index is 12.3. The fraction of sp³-hybridized carbons (Fsp3) is 0.211. The number of phenols is 1. The second-order valence-corrected chi connectivity index (χ2v) is 5.74. The minimum absolute atomic E-state index is 0.0128. The zero-order valence-electron chi connectivity index (χ0n) is 13.0. The fourth-order valence-electron chi connectivity index (χ4n) is 3.02. The fourth-order valence-corrected chi connectivity index (χ4v) is 3.02. The van der Waals surface area contributed by atoms with Gasteiger partial charge < -0.3 is 5.11 Å². The summed E-state index contributed by atoms with van der Waals surface area (Å²) >= 11 is 0. The minimum Gasteiger partial charge on any atom is -0.507 e. The molecule has 0 unspecified atom stereocenters. The predicted octanol–water partition coefficient (Wildman–Crippen LogP) is 3.73. The van der Waals surface area contributed by atoms with Crippen LogP contribution >= 0.6 is 0 Å². The molecule has 3 rings (SSSR count). The van der Waals surface area contributed by atoms with Crippen LogP contribution < -0.4 is 0 Å². The van der Waals surface area contributed by atoms with Gasteiger partial charge in [-0.3, -0.25) is 14.4 Å². The minimum atomic E-state index is -0.711. The molecule has 1 aliphatic carbocycles. The number of ketones is 3. The molecule has 0 aromatic heterocycles. The lowest BCUT2D eigenvalue weighted by molar-refractivity contribution is 0.0813. The van der Waals surface area contributed by atoms with Gasteiger partial charge in [-0.2, -0.15) is 0 Å². The summed E-state index contributed by atoms with van der Waals surface area (Å²) < 4.78 is 0. The number of rotatable bonds is 3. The standard InChI is InChI=1S/C19H16O4/c1-3-5-15(20)12-9-13-11-6-4-7-16(21)17(11)19(23)18(22)14(13)8-10(12)2/h4,6-9,21H,3,5H2,1-2H3. The van der Waals surface area contributed by atoms with Crippen LogP contribution in [0.25, 0.3) is 11.1 Å². The Hall–Kier alpha value is -2.75. The van der Waals surface area contributed by atoms with Gasteiger partial charge in [-0.1, -0.05) is 19.1 Å². The molecule has 0 saturated heterocycles. The van der Waals surface area contributed by atoms with E-state index < -0.39 is 11.6 Å². The van der Waals surface area contributed by atoms with E-state index in [9.17, 15) is 19.5 Å². The molecule has 1 aliphatic rings. The summed E-state index contributed by atoms with van der Waals surface area (Å²) in [5, 5.41) is 9.95. The molecule has 4 heteroatoms. The smallest absolute Gasteiger partial charge is 0.237 e. The van der Waals surface area contributed by atoms with Gasteiger partial charge in [-0.15, -0.1) is 0 Å². The van der Waals surface area contributed by atoms with Crippen LogP contribution in [0, 0.1) is 6.92 Å². The molecular weight excluding hydrogens is 292 g/mol. The lowest BCUT2D eigenvalue weighted by atomic mass is 9.81. The van der Waals surface area contributed by atoms with E-state index in [1.54, 1.807) is 31.2 Å². The van der Waals surface area contributed by atoms with Crippen molar-refractivity contribution in [3.63, 3.8) is 0 Å². The van der Waals surface area contributed by atoms with Crippen molar-refractivity contribution in [1.82, 2.24) is 0 Å². The maximum Gasteiger partial charge on any atom is 0.237 e. The van der Waals surface area contributed by atoms with Crippen molar-refractivity contribution in [2.45, 2.75) is 26.7 Å². The molecule has 0 amide bonds. The molecule has 0 fully saturated rings. The number of hydrogen-bond acceptors (Lipinski definition) is 4. The van der Waals surface area contributed by atoms with Crippen LogP contribution in [0.2, 0.25) is 0 Å². The van der Waals surface area contributed by atoms with Crippen molar-refractivity contribution < 1.29 is 19.5 Å². The van der Waals surface area contributed by atoms with Crippen LogP contribution in [0.3, 0.4) is 0 Å². The van der Waals surface area contributed by atoms with Gasteiger partial charge >= 0.3 is 0 Å².